The van der Waals surface area contributed by atoms with Gasteiger partial charge in [0.25, 0.3) is 0 Å². The minimum absolute atomic E-state index is 0.144. The summed E-state index contributed by atoms with van der Waals surface area (Å²) in [5, 5.41) is 6.75. The summed E-state index contributed by atoms with van der Waals surface area (Å²) in [5.74, 6) is 0.434. The second-order valence-electron chi connectivity index (χ2n) is 7.63. The molecule has 1 heterocycles. The third kappa shape index (κ3) is 3.34. The summed E-state index contributed by atoms with van der Waals surface area (Å²) in [6, 6.07) is 0.989. The van der Waals surface area contributed by atoms with E-state index in [1.807, 2.05) is 20.8 Å². The van der Waals surface area contributed by atoms with Crippen LogP contribution >= 0.6 is 0 Å². The average molecular weight is 296 g/mol. The van der Waals surface area contributed by atoms with Crippen LogP contribution in [0.25, 0.3) is 0 Å². The van der Waals surface area contributed by atoms with Gasteiger partial charge in [0.05, 0.1) is 18.2 Å². The third-order valence-electron chi connectivity index (χ3n) is 4.83. The van der Waals surface area contributed by atoms with Gasteiger partial charge < -0.3 is 20.1 Å². The highest BCUT2D eigenvalue weighted by Gasteiger charge is 2.53. The van der Waals surface area contributed by atoms with Crippen LogP contribution in [0, 0.1) is 5.92 Å². The molecule has 4 unspecified atom stereocenters. The normalized spacial score (nSPS) is 36.1. The predicted molar refractivity (Wildman–Crippen MR) is 80.2 cm³/mol. The molecule has 4 atom stereocenters. The number of alkyl carbamates (subject to hydrolysis) is 1. The Morgan fingerprint density at radius 1 is 1.14 bits per heavy atom. The number of amides is 1. The molecule has 0 radical (unpaired) electrons. The Labute approximate surface area is 127 Å². The van der Waals surface area contributed by atoms with Gasteiger partial charge in [0, 0.05) is 18.6 Å². The lowest BCUT2D eigenvalue weighted by Crippen LogP contribution is -2.74. The monoisotopic (exact) mass is 296 g/mol. The maximum atomic E-state index is 12.0. The van der Waals surface area contributed by atoms with E-state index in [0.29, 0.717) is 12.0 Å². The second kappa shape index (κ2) is 5.76. The molecule has 1 saturated heterocycles. The van der Waals surface area contributed by atoms with Gasteiger partial charge in [-0.05, 0) is 46.5 Å². The van der Waals surface area contributed by atoms with Gasteiger partial charge in [0.15, 0.2) is 0 Å². The molecule has 0 aromatic carbocycles. The predicted octanol–water partition coefficient (Wildman–Crippen LogP) is 2.20. The molecule has 3 rings (SSSR count). The van der Waals surface area contributed by atoms with Crippen LogP contribution in [0.2, 0.25) is 0 Å². The summed E-state index contributed by atoms with van der Waals surface area (Å²) in [6.45, 7) is 6.53. The van der Waals surface area contributed by atoms with E-state index in [2.05, 4.69) is 10.6 Å². The molecule has 0 aromatic rings. The van der Waals surface area contributed by atoms with Crippen molar-refractivity contribution in [3.05, 3.63) is 0 Å². The zero-order valence-corrected chi connectivity index (χ0v) is 13.4. The van der Waals surface area contributed by atoms with Crippen LogP contribution < -0.4 is 10.6 Å². The van der Waals surface area contributed by atoms with Crippen molar-refractivity contribution in [1.82, 2.24) is 10.6 Å². The molecule has 120 valence electrons. The van der Waals surface area contributed by atoms with Gasteiger partial charge in [-0.3, -0.25) is 0 Å². The van der Waals surface area contributed by atoms with Crippen molar-refractivity contribution in [3.8, 4) is 0 Å². The summed E-state index contributed by atoms with van der Waals surface area (Å²) >= 11 is 0. The number of hydrogen-bond donors (Lipinski definition) is 2. The average Bonchev–Trinajstić information content (AvgIpc) is 2.32. The molecule has 5 heteroatoms. The Balaban J connectivity index is 1.58. The highest BCUT2D eigenvalue weighted by molar-refractivity contribution is 5.68. The molecular weight excluding hydrogens is 268 g/mol. The van der Waals surface area contributed by atoms with Crippen molar-refractivity contribution in [3.63, 3.8) is 0 Å². The summed E-state index contributed by atoms with van der Waals surface area (Å²) in [7, 11) is 0. The van der Waals surface area contributed by atoms with Crippen molar-refractivity contribution in [2.24, 2.45) is 5.92 Å². The van der Waals surface area contributed by atoms with E-state index in [1.54, 1.807) is 0 Å². The van der Waals surface area contributed by atoms with Crippen molar-refractivity contribution >= 4 is 6.09 Å². The number of rotatable bonds is 3. The van der Waals surface area contributed by atoms with E-state index >= 15 is 0 Å². The lowest BCUT2D eigenvalue weighted by atomic mass is 9.67. The first-order chi connectivity index (χ1) is 9.94. The number of fused-ring (bicyclic) bond motifs is 1. The highest BCUT2D eigenvalue weighted by atomic mass is 16.6. The van der Waals surface area contributed by atoms with Crippen LogP contribution in [-0.4, -0.2) is 42.5 Å². The van der Waals surface area contributed by atoms with E-state index < -0.39 is 5.60 Å². The molecule has 0 aromatic heterocycles. The van der Waals surface area contributed by atoms with E-state index in [1.165, 1.54) is 19.3 Å². The summed E-state index contributed by atoms with van der Waals surface area (Å²) in [6.07, 6.45) is 5.97. The second-order valence-corrected chi connectivity index (χ2v) is 7.63. The first-order valence-corrected chi connectivity index (χ1v) is 8.31. The maximum absolute atomic E-state index is 12.0. The standard InChI is InChI=1S/C16H28N2O3/c1-16(2,3)21-15(19)18-12-11-8-5-9-20-14(11)13(12)17-10-6-4-7-10/h10-14,17H,4-9H2,1-3H3,(H,18,19). The molecule has 0 spiro atoms. The maximum Gasteiger partial charge on any atom is 0.407 e. The molecule has 0 bridgehead atoms. The fraction of sp³-hybridized carbons (Fsp3) is 0.938. The first-order valence-electron chi connectivity index (χ1n) is 8.31. The number of ether oxygens (including phenoxy) is 2. The van der Waals surface area contributed by atoms with E-state index in [0.717, 1.165) is 19.4 Å². The number of carbonyl (C=O) groups excluding carboxylic acids is 1. The number of carbonyl (C=O) groups is 1. The lowest BCUT2D eigenvalue weighted by molar-refractivity contribution is -0.132. The van der Waals surface area contributed by atoms with E-state index in [4.69, 9.17) is 9.47 Å². The minimum Gasteiger partial charge on any atom is -0.444 e. The van der Waals surface area contributed by atoms with Gasteiger partial charge in [0.2, 0.25) is 0 Å². The smallest absolute Gasteiger partial charge is 0.407 e. The molecular formula is C16H28N2O3. The Morgan fingerprint density at radius 2 is 1.90 bits per heavy atom. The van der Waals surface area contributed by atoms with E-state index in [-0.39, 0.29) is 24.3 Å². The van der Waals surface area contributed by atoms with Crippen LogP contribution in [-0.2, 0) is 9.47 Å². The largest absolute Gasteiger partial charge is 0.444 e. The number of hydrogen-bond acceptors (Lipinski definition) is 4. The molecule has 2 saturated carbocycles. The molecule has 5 nitrogen and oxygen atoms in total. The molecule has 3 fully saturated rings. The van der Waals surface area contributed by atoms with Gasteiger partial charge in [-0.15, -0.1) is 0 Å². The van der Waals surface area contributed by atoms with Crippen molar-refractivity contribution < 1.29 is 14.3 Å². The van der Waals surface area contributed by atoms with Gasteiger partial charge in [0.1, 0.15) is 5.60 Å². The SMILES string of the molecule is CC(C)(C)OC(=O)NC1C2CCCOC2C1NC1CCC1. The number of nitrogens with one attached hydrogen (secondary N) is 2. The fourth-order valence-electron chi connectivity index (χ4n) is 3.59. The molecule has 3 aliphatic rings. The van der Waals surface area contributed by atoms with Crippen molar-refractivity contribution in [2.45, 2.75) is 82.7 Å². The minimum atomic E-state index is -0.451. The van der Waals surface area contributed by atoms with Crippen LogP contribution in [0.15, 0.2) is 0 Å². The molecule has 2 N–H and O–H groups in total. The van der Waals surface area contributed by atoms with Crippen LogP contribution in [0.4, 0.5) is 4.79 Å². The van der Waals surface area contributed by atoms with Gasteiger partial charge in [-0.2, -0.15) is 0 Å². The highest BCUT2D eigenvalue weighted by Crippen LogP contribution is 2.39. The topological polar surface area (TPSA) is 59.6 Å². The fourth-order valence-corrected chi connectivity index (χ4v) is 3.59. The quantitative estimate of drug-likeness (QED) is 0.838. The zero-order chi connectivity index (χ0) is 15.0. The van der Waals surface area contributed by atoms with Crippen LogP contribution in [0.5, 0.6) is 0 Å². The van der Waals surface area contributed by atoms with Gasteiger partial charge >= 0.3 is 6.09 Å². The van der Waals surface area contributed by atoms with Crippen LogP contribution in [0.3, 0.4) is 0 Å². The summed E-state index contributed by atoms with van der Waals surface area (Å²) < 4.78 is 11.3. The van der Waals surface area contributed by atoms with Crippen molar-refractivity contribution in [1.29, 1.82) is 0 Å². The van der Waals surface area contributed by atoms with Gasteiger partial charge in [-0.25, -0.2) is 4.79 Å². The Bertz CT molecular complexity index is 389. The van der Waals surface area contributed by atoms with Crippen molar-refractivity contribution in [2.75, 3.05) is 6.61 Å². The molecule has 2 aliphatic carbocycles. The third-order valence-corrected chi connectivity index (χ3v) is 4.83. The Morgan fingerprint density at radius 3 is 2.52 bits per heavy atom. The molecule has 1 amide bonds. The Hall–Kier alpha value is -0.810. The molecule has 21 heavy (non-hydrogen) atoms. The molecule has 1 aliphatic heterocycles. The van der Waals surface area contributed by atoms with Crippen LogP contribution in [0.1, 0.15) is 52.9 Å². The zero-order valence-electron chi connectivity index (χ0n) is 13.4. The lowest BCUT2D eigenvalue weighted by Gasteiger charge is -2.55. The van der Waals surface area contributed by atoms with Gasteiger partial charge in [-0.1, -0.05) is 6.42 Å². The van der Waals surface area contributed by atoms with E-state index in [9.17, 15) is 4.79 Å². The first kappa shape index (κ1) is 15.1. The summed E-state index contributed by atoms with van der Waals surface area (Å²) in [4.78, 5) is 12.0. The summed E-state index contributed by atoms with van der Waals surface area (Å²) in [5.41, 5.74) is -0.451. The Kier molecular flexibility index (Phi) is 4.14.